The Labute approximate surface area is 106 Å². The van der Waals surface area contributed by atoms with E-state index in [1.165, 1.54) is 0 Å². The maximum atomic E-state index is 5.41. The normalized spacial score (nSPS) is 23.8. The SMILES string of the molecule is COC1=CN([N+]2(C)CCOCC2)SC(OC)=C1. The van der Waals surface area contributed by atoms with Crippen molar-refractivity contribution in [3.63, 3.8) is 0 Å². The highest BCUT2D eigenvalue weighted by molar-refractivity contribution is 8.00. The number of ether oxygens (including phenoxy) is 3. The van der Waals surface area contributed by atoms with E-state index < -0.39 is 0 Å². The van der Waals surface area contributed by atoms with Crippen LogP contribution in [0.5, 0.6) is 0 Å². The van der Waals surface area contributed by atoms with E-state index in [0.717, 1.165) is 41.7 Å². The zero-order chi connectivity index (χ0) is 12.3. The average Bonchev–Trinajstić information content (AvgIpc) is 2.39. The van der Waals surface area contributed by atoms with E-state index in [1.54, 1.807) is 26.2 Å². The van der Waals surface area contributed by atoms with Crippen molar-refractivity contribution in [3.05, 3.63) is 23.1 Å². The van der Waals surface area contributed by atoms with Crippen LogP contribution in [-0.4, -0.2) is 56.6 Å². The van der Waals surface area contributed by atoms with Gasteiger partial charge in [-0.2, -0.15) is 4.41 Å². The number of allylic oxidation sites excluding steroid dienone is 1. The molecule has 1 saturated heterocycles. The molecule has 0 unspecified atom stereocenters. The number of rotatable bonds is 3. The van der Waals surface area contributed by atoms with E-state index in [9.17, 15) is 0 Å². The summed E-state index contributed by atoms with van der Waals surface area (Å²) < 4.78 is 19.0. The lowest BCUT2D eigenvalue weighted by Crippen LogP contribution is -2.58. The second kappa shape index (κ2) is 5.20. The third kappa shape index (κ3) is 2.70. The monoisotopic (exact) mass is 259 g/mol. The molecule has 0 aromatic carbocycles. The molecule has 0 aromatic heterocycles. The van der Waals surface area contributed by atoms with Gasteiger partial charge in [0.05, 0.1) is 46.4 Å². The molecule has 0 N–H and O–H groups in total. The summed E-state index contributed by atoms with van der Waals surface area (Å²) in [7, 11) is 5.54. The van der Waals surface area contributed by atoms with Gasteiger partial charge in [-0.05, 0) is 0 Å². The predicted molar refractivity (Wildman–Crippen MR) is 66.4 cm³/mol. The fourth-order valence-electron chi connectivity index (χ4n) is 1.79. The molecule has 0 spiro atoms. The van der Waals surface area contributed by atoms with Gasteiger partial charge in [-0.15, -0.1) is 0 Å². The Kier molecular flexibility index (Phi) is 3.86. The van der Waals surface area contributed by atoms with Crippen LogP contribution in [0.2, 0.25) is 0 Å². The quantitative estimate of drug-likeness (QED) is 0.563. The van der Waals surface area contributed by atoms with Gasteiger partial charge in [-0.25, -0.2) is 4.59 Å². The van der Waals surface area contributed by atoms with Crippen LogP contribution in [0.4, 0.5) is 0 Å². The molecule has 0 saturated carbocycles. The minimum absolute atomic E-state index is 0.787. The van der Waals surface area contributed by atoms with Gasteiger partial charge in [0.15, 0.2) is 5.09 Å². The summed E-state index contributed by atoms with van der Waals surface area (Å²) in [5, 5.41) is 0.843. The molecule has 0 atom stereocenters. The van der Waals surface area contributed by atoms with Crippen molar-refractivity contribution in [3.8, 4) is 0 Å². The molecule has 2 aliphatic rings. The Morgan fingerprint density at radius 1 is 1.29 bits per heavy atom. The largest absolute Gasteiger partial charge is 0.495 e. The van der Waals surface area contributed by atoms with Gasteiger partial charge in [-0.3, -0.25) is 0 Å². The molecule has 0 aromatic rings. The summed E-state index contributed by atoms with van der Waals surface area (Å²) >= 11 is 1.59. The molecule has 2 aliphatic heterocycles. The molecule has 6 heteroatoms. The Balaban J connectivity index is 2.16. The van der Waals surface area contributed by atoms with Crippen LogP contribution >= 0.6 is 11.9 Å². The molecule has 96 valence electrons. The minimum Gasteiger partial charge on any atom is -0.495 e. The topological polar surface area (TPSA) is 30.9 Å². The van der Waals surface area contributed by atoms with Crippen LogP contribution < -0.4 is 0 Å². The highest BCUT2D eigenvalue weighted by Gasteiger charge is 2.35. The van der Waals surface area contributed by atoms with Gasteiger partial charge in [0.2, 0.25) is 0 Å². The van der Waals surface area contributed by atoms with E-state index in [2.05, 4.69) is 11.5 Å². The van der Waals surface area contributed by atoms with Crippen molar-refractivity contribution in [2.24, 2.45) is 0 Å². The third-order valence-corrected chi connectivity index (χ3v) is 4.18. The first-order chi connectivity index (χ1) is 8.18. The Hall–Kier alpha value is -0.850. The number of hydrogen-bond acceptors (Lipinski definition) is 5. The highest BCUT2D eigenvalue weighted by Crippen LogP contribution is 2.34. The van der Waals surface area contributed by atoms with Crippen molar-refractivity contribution in [1.29, 1.82) is 0 Å². The number of likely N-dealkylation sites (N-methyl/N-ethyl adjacent to an activating group) is 1. The van der Waals surface area contributed by atoms with Crippen molar-refractivity contribution in [2.45, 2.75) is 0 Å². The molecular weight excluding hydrogens is 240 g/mol. The predicted octanol–water partition coefficient (Wildman–Crippen LogP) is 1.32. The second-order valence-electron chi connectivity index (χ2n) is 4.20. The first-order valence-corrected chi connectivity index (χ1v) is 6.37. The summed E-state index contributed by atoms with van der Waals surface area (Å²) in [6.45, 7) is 3.49. The first-order valence-electron chi connectivity index (χ1n) is 5.59. The second-order valence-corrected chi connectivity index (χ2v) is 5.15. The molecule has 0 radical (unpaired) electrons. The fraction of sp³-hybridized carbons (Fsp3) is 0.636. The van der Waals surface area contributed by atoms with Crippen LogP contribution in [0, 0.1) is 0 Å². The van der Waals surface area contributed by atoms with Crippen molar-refractivity contribution >= 4 is 11.9 Å². The van der Waals surface area contributed by atoms with E-state index in [-0.39, 0.29) is 0 Å². The number of quaternary nitrogens is 1. The Morgan fingerprint density at radius 3 is 2.59 bits per heavy atom. The van der Waals surface area contributed by atoms with Gasteiger partial charge < -0.3 is 14.2 Å². The lowest BCUT2D eigenvalue weighted by Gasteiger charge is -2.43. The molecule has 0 aliphatic carbocycles. The van der Waals surface area contributed by atoms with Crippen molar-refractivity contribution in [1.82, 2.24) is 4.41 Å². The molecule has 2 rings (SSSR count). The number of morpholine rings is 1. The number of nitrogens with zero attached hydrogens (tertiary/aromatic N) is 2. The molecular formula is C11H19N2O3S+. The van der Waals surface area contributed by atoms with Gasteiger partial charge in [0, 0.05) is 6.08 Å². The summed E-state index contributed by atoms with van der Waals surface area (Å²) in [6, 6.07) is 0. The van der Waals surface area contributed by atoms with Gasteiger partial charge in [-0.1, -0.05) is 0 Å². The van der Waals surface area contributed by atoms with Crippen LogP contribution in [0.25, 0.3) is 0 Å². The van der Waals surface area contributed by atoms with Gasteiger partial charge >= 0.3 is 0 Å². The van der Waals surface area contributed by atoms with E-state index in [1.807, 2.05) is 12.3 Å². The minimum atomic E-state index is 0.787. The molecule has 5 nitrogen and oxygen atoms in total. The standard InChI is InChI=1S/C11H19N2O3S/c1-13(4-6-16-7-5-13)12-9-10(14-2)8-11(15-3)17-12/h8-9H,4-7H2,1-3H3/q+1. The molecule has 1 fully saturated rings. The van der Waals surface area contributed by atoms with Gasteiger partial charge in [0.25, 0.3) is 0 Å². The third-order valence-electron chi connectivity index (χ3n) is 3.03. The van der Waals surface area contributed by atoms with Crippen LogP contribution in [0.1, 0.15) is 0 Å². The number of methoxy groups -OCH3 is 2. The summed E-state index contributed by atoms with van der Waals surface area (Å²) in [5.41, 5.74) is 0. The first kappa shape index (κ1) is 12.6. The number of hydrogen-bond donors (Lipinski definition) is 0. The smallest absolute Gasteiger partial charge is 0.182 e. The van der Waals surface area contributed by atoms with Crippen LogP contribution in [0.15, 0.2) is 23.1 Å². The fourth-order valence-corrected chi connectivity index (χ4v) is 2.73. The van der Waals surface area contributed by atoms with Crippen molar-refractivity contribution in [2.75, 3.05) is 47.6 Å². The van der Waals surface area contributed by atoms with E-state index in [4.69, 9.17) is 14.2 Å². The van der Waals surface area contributed by atoms with Crippen LogP contribution in [-0.2, 0) is 14.2 Å². The lowest BCUT2D eigenvalue weighted by molar-refractivity contribution is -0.997. The molecule has 17 heavy (non-hydrogen) atoms. The maximum Gasteiger partial charge on any atom is 0.182 e. The molecule has 0 bridgehead atoms. The summed E-state index contributed by atoms with van der Waals surface area (Å²) in [5.74, 6) is 0.812. The van der Waals surface area contributed by atoms with Crippen molar-refractivity contribution < 1.29 is 18.8 Å². The molecule has 0 amide bonds. The molecule has 2 heterocycles. The Morgan fingerprint density at radius 2 is 2.00 bits per heavy atom. The van der Waals surface area contributed by atoms with E-state index >= 15 is 0 Å². The highest BCUT2D eigenvalue weighted by atomic mass is 32.2. The summed E-state index contributed by atoms with van der Waals surface area (Å²) in [6.07, 6.45) is 3.91. The average molecular weight is 259 g/mol. The maximum absolute atomic E-state index is 5.41. The van der Waals surface area contributed by atoms with E-state index in [0.29, 0.717) is 0 Å². The van der Waals surface area contributed by atoms with Crippen LogP contribution in [0.3, 0.4) is 0 Å². The lowest BCUT2D eigenvalue weighted by atomic mass is 10.4. The summed E-state index contributed by atoms with van der Waals surface area (Å²) in [4.78, 5) is 0. The zero-order valence-corrected chi connectivity index (χ0v) is 11.3. The Bertz CT molecular complexity index is 338. The van der Waals surface area contributed by atoms with Gasteiger partial charge in [0.1, 0.15) is 25.0 Å². The zero-order valence-electron chi connectivity index (χ0n) is 10.5.